The van der Waals surface area contributed by atoms with Crippen molar-refractivity contribution < 1.29 is 14.3 Å². The first-order valence-electron chi connectivity index (χ1n) is 11.2. The van der Waals surface area contributed by atoms with E-state index in [2.05, 4.69) is 5.32 Å². The Morgan fingerprint density at radius 1 is 1.03 bits per heavy atom. The third-order valence-electron chi connectivity index (χ3n) is 6.18. The van der Waals surface area contributed by atoms with Crippen molar-refractivity contribution in [1.29, 1.82) is 0 Å². The number of benzene rings is 2. The molecule has 1 aliphatic carbocycles. The van der Waals surface area contributed by atoms with Crippen LogP contribution in [0.3, 0.4) is 0 Å². The Morgan fingerprint density at radius 2 is 1.71 bits per heavy atom. The largest absolute Gasteiger partial charge is 0.484 e. The molecule has 1 atom stereocenters. The van der Waals surface area contributed by atoms with E-state index in [1.165, 1.54) is 5.56 Å². The lowest BCUT2D eigenvalue weighted by atomic mass is 10.1. The minimum Gasteiger partial charge on any atom is -0.484 e. The molecule has 0 bridgehead atoms. The van der Waals surface area contributed by atoms with Gasteiger partial charge >= 0.3 is 0 Å². The second kappa shape index (κ2) is 10.5. The van der Waals surface area contributed by atoms with Gasteiger partial charge in [0, 0.05) is 12.6 Å². The average molecular weight is 423 g/mol. The van der Waals surface area contributed by atoms with Gasteiger partial charge in [-0.15, -0.1) is 0 Å². The molecular formula is C26H34N2O3. The van der Waals surface area contributed by atoms with Crippen molar-refractivity contribution >= 4 is 11.8 Å². The summed E-state index contributed by atoms with van der Waals surface area (Å²) in [7, 11) is 0. The maximum Gasteiger partial charge on any atom is 0.261 e. The Bertz CT molecular complexity index is 901. The Balaban J connectivity index is 1.71. The molecule has 2 aromatic rings. The molecule has 31 heavy (non-hydrogen) atoms. The van der Waals surface area contributed by atoms with Crippen LogP contribution in [0.4, 0.5) is 0 Å². The fourth-order valence-electron chi connectivity index (χ4n) is 3.90. The molecule has 5 nitrogen and oxygen atoms in total. The highest BCUT2D eigenvalue weighted by Crippen LogP contribution is 2.19. The van der Waals surface area contributed by atoms with E-state index in [9.17, 15) is 9.59 Å². The molecule has 2 aromatic carbocycles. The van der Waals surface area contributed by atoms with E-state index in [1.54, 1.807) is 11.8 Å². The predicted molar refractivity (Wildman–Crippen MR) is 123 cm³/mol. The van der Waals surface area contributed by atoms with Crippen LogP contribution in [0.25, 0.3) is 0 Å². The van der Waals surface area contributed by atoms with E-state index in [0.29, 0.717) is 12.3 Å². The first kappa shape index (κ1) is 22.9. The number of rotatable bonds is 8. The smallest absolute Gasteiger partial charge is 0.261 e. The number of carbonyl (C=O) groups is 2. The van der Waals surface area contributed by atoms with Gasteiger partial charge in [0.1, 0.15) is 11.8 Å². The zero-order valence-electron chi connectivity index (χ0n) is 19.1. The van der Waals surface area contributed by atoms with Crippen LogP contribution in [0.5, 0.6) is 5.75 Å². The molecule has 1 aliphatic rings. The van der Waals surface area contributed by atoms with Crippen LogP contribution in [-0.2, 0) is 16.1 Å². The number of aryl methyl sites for hydroxylation is 3. The van der Waals surface area contributed by atoms with Crippen molar-refractivity contribution in [2.75, 3.05) is 6.61 Å². The van der Waals surface area contributed by atoms with Crippen molar-refractivity contribution in [1.82, 2.24) is 10.2 Å². The van der Waals surface area contributed by atoms with Crippen LogP contribution in [-0.4, -0.2) is 35.4 Å². The highest BCUT2D eigenvalue weighted by molar-refractivity contribution is 5.88. The number of hydrogen-bond acceptors (Lipinski definition) is 3. The SMILES string of the molecule is Cc1ccc(CN(C(=O)COc2ccc(C)c(C)c2)C(C)C(=O)NC2CCCC2)cc1. The van der Waals surface area contributed by atoms with Crippen LogP contribution in [0, 0.1) is 20.8 Å². The molecule has 0 heterocycles. The highest BCUT2D eigenvalue weighted by atomic mass is 16.5. The summed E-state index contributed by atoms with van der Waals surface area (Å²) in [4.78, 5) is 27.7. The second-order valence-corrected chi connectivity index (χ2v) is 8.71. The third-order valence-corrected chi connectivity index (χ3v) is 6.18. The van der Waals surface area contributed by atoms with Crippen LogP contribution in [0.2, 0.25) is 0 Å². The molecule has 166 valence electrons. The third kappa shape index (κ3) is 6.33. The van der Waals surface area contributed by atoms with Gasteiger partial charge in [0.2, 0.25) is 5.91 Å². The summed E-state index contributed by atoms with van der Waals surface area (Å²) in [5.74, 6) is 0.362. The van der Waals surface area contributed by atoms with Crippen LogP contribution < -0.4 is 10.1 Å². The molecule has 0 saturated heterocycles. The van der Waals surface area contributed by atoms with E-state index >= 15 is 0 Å². The summed E-state index contributed by atoms with van der Waals surface area (Å²) in [6.07, 6.45) is 4.32. The zero-order valence-corrected chi connectivity index (χ0v) is 19.1. The maximum absolute atomic E-state index is 13.1. The van der Waals surface area contributed by atoms with Gasteiger partial charge in [-0.1, -0.05) is 48.7 Å². The van der Waals surface area contributed by atoms with Crippen molar-refractivity contribution in [2.45, 2.75) is 72.0 Å². The van der Waals surface area contributed by atoms with Crippen molar-refractivity contribution in [3.8, 4) is 5.75 Å². The Kier molecular flexibility index (Phi) is 7.72. The fourth-order valence-corrected chi connectivity index (χ4v) is 3.90. The zero-order chi connectivity index (χ0) is 22.4. The van der Waals surface area contributed by atoms with Gasteiger partial charge in [-0.3, -0.25) is 9.59 Å². The molecule has 0 aliphatic heterocycles. The molecule has 3 rings (SSSR count). The molecule has 5 heteroatoms. The lowest BCUT2D eigenvalue weighted by molar-refractivity contribution is -0.142. The normalized spacial score (nSPS) is 14.8. The van der Waals surface area contributed by atoms with E-state index < -0.39 is 6.04 Å². The minimum absolute atomic E-state index is 0.0986. The van der Waals surface area contributed by atoms with E-state index in [1.807, 2.05) is 63.2 Å². The summed E-state index contributed by atoms with van der Waals surface area (Å²) in [6.45, 7) is 8.15. The van der Waals surface area contributed by atoms with Gasteiger partial charge < -0.3 is 15.0 Å². The van der Waals surface area contributed by atoms with Gasteiger partial charge in [-0.05, 0) is 69.4 Å². The lowest BCUT2D eigenvalue weighted by Gasteiger charge is -2.29. The van der Waals surface area contributed by atoms with Crippen molar-refractivity contribution in [3.05, 3.63) is 64.7 Å². The maximum atomic E-state index is 13.1. The molecule has 0 radical (unpaired) electrons. The molecule has 0 spiro atoms. The van der Waals surface area contributed by atoms with Crippen LogP contribution in [0.15, 0.2) is 42.5 Å². The summed E-state index contributed by atoms with van der Waals surface area (Å²) in [5.41, 5.74) is 4.44. The molecule has 1 unspecified atom stereocenters. The van der Waals surface area contributed by atoms with Gasteiger partial charge in [-0.2, -0.15) is 0 Å². The number of carbonyl (C=O) groups excluding carboxylic acids is 2. The number of nitrogens with one attached hydrogen (secondary N) is 1. The summed E-state index contributed by atoms with van der Waals surface area (Å²) >= 11 is 0. The highest BCUT2D eigenvalue weighted by Gasteiger charge is 2.28. The Hall–Kier alpha value is -2.82. The molecule has 2 amide bonds. The topological polar surface area (TPSA) is 58.6 Å². The Labute approximate surface area is 185 Å². The Morgan fingerprint density at radius 3 is 2.35 bits per heavy atom. The van der Waals surface area contributed by atoms with Gasteiger partial charge in [0.05, 0.1) is 0 Å². The van der Waals surface area contributed by atoms with E-state index in [0.717, 1.165) is 42.4 Å². The minimum atomic E-state index is -0.572. The standard InChI is InChI=1S/C26H34N2O3/c1-18-9-12-22(13-10-18)16-28(21(4)26(30)27-23-7-5-6-8-23)25(29)17-31-24-14-11-19(2)20(3)15-24/h9-15,21,23H,5-8,16-17H2,1-4H3,(H,27,30). The number of ether oxygens (including phenoxy) is 1. The molecule has 1 fully saturated rings. The summed E-state index contributed by atoms with van der Waals surface area (Å²) < 4.78 is 5.78. The van der Waals surface area contributed by atoms with Gasteiger partial charge in [0.25, 0.3) is 5.91 Å². The average Bonchev–Trinajstić information content (AvgIpc) is 3.26. The van der Waals surface area contributed by atoms with E-state index in [-0.39, 0.29) is 24.5 Å². The molecule has 1 N–H and O–H groups in total. The number of nitrogens with zero attached hydrogens (tertiary/aromatic N) is 1. The van der Waals surface area contributed by atoms with E-state index in [4.69, 9.17) is 4.74 Å². The van der Waals surface area contributed by atoms with Crippen LogP contribution >= 0.6 is 0 Å². The number of hydrogen-bond donors (Lipinski definition) is 1. The number of amides is 2. The van der Waals surface area contributed by atoms with Crippen molar-refractivity contribution in [2.24, 2.45) is 0 Å². The molecular weight excluding hydrogens is 388 g/mol. The summed E-state index contributed by atoms with van der Waals surface area (Å²) in [6, 6.07) is 13.5. The second-order valence-electron chi connectivity index (χ2n) is 8.71. The molecule has 0 aromatic heterocycles. The first-order chi connectivity index (χ1) is 14.8. The van der Waals surface area contributed by atoms with Gasteiger partial charge in [0.15, 0.2) is 6.61 Å². The lowest BCUT2D eigenvalue weighted by Crippen LogP contribution is -2.50. The predicted octanol–water partition coefficient (Wildman–Crippen LogP) is 4.47. The monoisotopic (exact) mass is 422 g/mol. The van der Waals surface area contributed by atoms with Gasteiger partial charge in [-0.25, -0.2) is 0 Å². The van der Waals surface area contributed by atoms with Crippen molar-refractivity contribution in [3.63, 3.8) is 0 Å². The summed E-state index contributed by atoms with van der Waals surface area (Å²) in [5, 5.41) is 3.12. The first-order valence-corrected chi connectivity index (χ1v) is 11.2. The fraction of sp³-hybridized carbons (Fsp3) is 0.462. The molecule has 1 saturated carbocycles. The quantitative estimate of drug-likeness (QED) is 0.683. The van der Waals surface area contributed by atoms with Crippen LogP contribution in [0.1, 0.15) is 54.9 Å².